The number of sulfonamides is 1. The Balaban J connectivity index is 2.29. The normalized spacial score (nSPS) is 12.6. The van der Waals surface area contributed by atoms with E-state index in [1.54, 1.807) is 19.2 Å². The second-order valence-corrected chi connectivity index (χ2v) is 10.4. The van der Waals surface area contributed by atoms with E-state index in [0.717, 1.165) is 29.6 Å². The summed E-state index contributed by atoms with van der Waals surface area (Å²) in [6, 6.07) is 14.7. The number of para-hydroxylation sites is 1. The van der Waals surface area contributed by atoms with Crippen molar-refractivity contribution in [2.24, 2.45) is 5.92 Å². The maximum atomic E-state index is 13.0. The molecule has 31 heavy (non-hydrogen) atoms. The lowest BCUT2D eigenvalue weighted by Crippen LogP contribution is -2.42. The summed E-state index contributed by atoms with van der Waals surface area (Å²) in [6.07, 6.45) is 1.87. The molecule has 170 valence electrons. The lowest BCUT2D eigenvalue weighted by atomic mass is 9.97. The molecule has 0 unspecified atom stereocenters. The second-order valence-electron chi connectivity index (χ2n) is 8.51. The topological polar surface area (TPSA) is 75.7 Å². The highest BCUT2D eigenvalue weighted by Crippen LogP contribution is 2.29. The maximum Gasteiger partial charge on any atom is 0.241 e. The lowest BCUT2D eigenvalue weighted by molar-refractivity contribution is -0.120. The third-order valence-electron chi connectivity index (χ3n) is 5.08. The number of rotatable bonds is 10. The van der Waals surface area contributed by atoms with Gasteiger partial charge >= 0.3 is 0 Å². The number of benzene rings is 2. The summed E-state index contributed by atoms with van der Waals surface area (Å²) in [7, 11) is -2.04. The Labute approximate surface area is 186 Å². The minimum atomic E-state index is -3.65. The minimum absolute atomic E-state index is 0.122. The predicted molar refractivity (Wildman–Crippen MR) is 126 cm³/mol. The Morgan fingerprint density at radius 3 is 2.16 bits per heavy atom. The van der Waals surface area contributed by atoms with Gasteiger partial charge in [-0.3, -0.25) is 9.10 Å². The predicted octanol–water partition coefficient (Wildman–Crippen LogP) is 4.49. The monoisotopic (exact) mass is 446 g/mol. The SMILES string of the molecule is COc1ccc([C@@H](CC(C)C)NC(=O)CN(c2ccccc2C(C)C)S(C)(=O)=O)cc1. The number of carbonyl (C=O) groups excluding carboxylic acids is 1. The minimum Gasteiger partial charge on any atom is -0.497 e. The van der Waals surface area contributed by atoms with E-state index in [-0.39, 0.29) is 24.4 Å². The Kier molecular flexibility index (Phi) is 8.51. The highest BCUT2D eigenvalue weighted by molar-refractivity contribution is 7.92. The number of hydrogen-bond donors (Lipinski definition) is 1. The molecule has 2 aromatic rings. The van der Waals surface area contributed by atoms with Crippen LogP contribution in [0.5, 0.6) is 5.75 Å². The molecule has 0 fully saturated rings. The van der Waals surface area contributed by atoms with Gasteiger partial charge < -0.3 is 10.1 Å². The molecule has 2 rings (SSSR count). The van der Waals surface area contributed by atoms with Crippen LogP contribution in [0, 0.1) is 5.92 Å². The van der Waals surface area contributed by atoms with E-state index in [2.05, 4.69) is 19.2 Å². The van der Waals surface area contributed by atoms with Crippen molar-refractivity contribution in [2.75, 3.05) is 24.2 Å². The molecular formula is C24H34N2O4S. The van der Waals surface area contributed by atoms with Crippen molar-refractivity contribution in [3.8, 4) is 5.75 Å². The molecule has 0 aliphatic rings. The number of nitrogens with one attached hydrogen (secondary N) is 1. The van der Waals surface area contributed by atoms with E-state index >= 15 is 0 Å². The summed E-state index contributed by atoms with van der Waals surface area (Å²) in [5.74, 6) is 0.869. The maximum absolute atomic E-state index is 13.0. The first-order chi connectivity index (χ1) is 14.5. The van der Waals surface area contributed by atoms with E-state index in [0.29, 0.717) is 11.6 Å². The van der Waals surface area contributed by atoms with Crippen molar-refractivity contribution >= 4 is 21.6 Å². The average molecular weight is 447 g/mol. The number of ether oxygens (including phenoxy) is 1. The van der Waals surface area contributed by atoms with Crippen LogP contribution in [-0.2, 0) is 14.8 Å². The number of methoxy groups -OCH3 is 1. The first kappa shape index (κ1) is 24.7. The molecule has 1 N–H and O–H groups in total. The van der Waals surface area contributed by atoms with E-state index in [1.165, 1.54) is 4.31 Å². The molecule has 1 amide bonds. The van der Waals surface area contributed by atoms with Gasteiger partial charge in [0.05, 0.1) is 25.1 Å². The smallest absolute Gasteiger partial charge is 0.241 e. The lowest BCUT2D eigenvalue weighted by Gasteiger charge is -2.27. The van der Waals surface area contributed by atoms with Crippen LogP contribution < -0.4 is 14.4 Å². The number of carbonyl (C=O) groups is 1. The average Bonchev–Trinajstić information content (AvgIpc) is 2.70. The van der Waals surface area contributed by atoms with Gasteiger partial charge in [-0.25, -0.2) is 8.42 Å². The molecule has 0 saturated heterocycles. The zero-order valence-electron chi connectivity index (χ0n) is 19.3. The first-order valence-electron chi connectivity index (χ1n) is 10.5. The zero-order valence-corrected chi connectivity index (χ0v) is 20.1. The highest BCUT2D eigenvalue weighted by atomic mass is 32.2. The van der Waals surface area contributed by atoms with Gasteiger partial charge in [0.25, 0.3) is 0 Å². The van der Waals surface area contributed by atoms with E-state index in [9.17, 15) is 13.2 Å². The van der Waals surface area contributed by atoms with Crippen molar-refractivity contribution in [3.05, 3.63) is 59.7 Å². The number of amides is 1. The van der Waals surface area contributed by atoms with Crippen LogP contribution in [0.15, 0.2) is 48.5 Å². The molecule has 1 atom stereocenters. The fourth-order valence-electron chi connectivity index (χ4n) is 3.54. The Hall–Kier alpha value is -2.54. The second kappa shape index (κ2) is 10.7. The molecule has 6 nitrogen and oxygen atoms in total. The Morgan fingerprint density at radius 2 is 1.65 bits per heavy atom. The summed E-state index contributed by atoms with van der Waals surface area (Å²) < 4.78 is 31.6. The largest absolute Gasteiger partial charge is 0.497 e. The van der Waals surface area contributed by atoms with Crippen LogP contribution in [0.2, 0.25) is 0 Å². The molecule has 7 heteroatoms. The van der Waals surface area contributed by atoms with E-state index in [1.807, 2.05) is 50.2 Å². The first-order valence-corrected chi connectivity index (χ1v) is 12.4. The molecule has 0 radical (unpaired) electrons. The third kappa shape index (κ3) is 6.99. The molecule has 0 aliphatic heterocycles. The molecule has 0 saturated carbocycles. The van der Waals surface area contributed by atoms with Gasteiger partial charge in [-0.05, 0) is 47.6 Å². The molecule has 0 heterocycles. The van der Waals surface area contributed by atoms with Gasteiger partial charge in [-0.2, -0.15) is 0 Å². The number of hydrogen-bond acceptors (Lipinski definition) is 4. The molecule has 0 aromatic heterocycles. The van der Waals surface area contributed by atoms with Gasteiger partial charge in [0.15, 0.2) is 0 Å². The van der Waals surface area contributed by atoms with Gasteiger partial charge in [-0.15, -0.1) is 0 Å². The van der Waals surface area contributed by atoms with Crippen molar-refractivity contribution in [1.29, 1.82) is 0 Å². The molecule has 0 aliphatic carbocycles. The van der Waals surface area contributed by atoms with Gasteiger partial charge in [0, 0.05) is 0 Å². The van der Waals surface area contributed by atoms with Gasteiger partial charge in [0.2, 0.25) is 15.9 Å². The van der Waals surface area contributed by atoms with Crippen LogP contribution in [0.1, 0.15) is 57.2 Å². The van der Waals surface area contributed by atoms with Crippen LogP contribution in [-0.4, -0.2) is 34.2 Å². The van der Waals surface area contributed by atoms with Gasteiger partial charge in [-0.1, -0.05) is 58.0 Å². The third-order valence-corrected chi connectivity index (χ3v) is 6.20. The summed E-state index contributed by atoms with van der Waals surface area (Å²) in [5, 5.41) is 3.04. The van der Waals surface area contributed by atoms with E-state index < -0.39 is 10.0 Å². The highest BCUT2D eigenvalue weighted by Gasteiger charge is 2.25. The molecule has 0 spiro atoms. The summed E-state index contributed by atoms with van der Waals surface area (Å²) in [4.78, 5) is 13.0. The van der Waals surface area contributed by atoms with Crippen molar-refractivity contribution in [2.45, 2.75) is 46.1 Å². The van der Waals surface area contributed by atoms with Crippen molar-refractivity contribution in [1.82, 2.24) is 5.32 Å². The molecule has 2 aromatic carbocycles. The van der Waals surface area contributed by atoms with Crippen molar-refractivity contribution in [3.63, 3.8) is 0 Å². The molecular weight excluding hydrogens is 412 g/mol. The molecule has 0 bridgehead atoms. The van der Waals surface area contributed by atoms with Crippen LogP contribution in [0.4, 0.5) is 5.69 Å². The standard InChI is InChI=1S/C24H34N2O4S/c1-17(2)15-22(19-11-13-20(30-5)14-12-19)25-24(27)16-26(31(6,28)29)23-10-8-7-9-21(23)18(3)4/h7-14,17-18,22H,15-16H2,1-6H3,(H,25,27)/t22-/m1/s1. The number of anilines is 1. The number of nitrogens with zero attached hydrogens (tertiary/aromatic N) is 1. The van der Waals surface area contributed by atoms with Crippen molar-refractivity contribution < 1.29 is 17.9 Å². The summed E-state index contributed by atoms with van der Waals surface area (Å²) >= 11 is 0. The summed E-state index contributed by atoms with van der Waals surface area (Å²) in [5.41, 5.74) is 2.38. The van der Waals surface area contributed by atoms with Crippen LogP contribution in [0.3, 0.4) is 0 Å². The Morgan fingerprint density at radius 1 is 1.03 bits per heavy atom. The van der Waals surface area contributed by atoms with Crippen LogP contribution >= 0.6 is 0 Å². The zero-order chi connectivity index (χ0) is 23.2. The quantitative estimate of drug-likeness (QED) is 0.583. The fraction of sp³-hybridized carbons (Fsp3) is 0.458. The summed E-state index contributed by atoms with van der Waals surface area (Å²) in [6.45, 7) is 7.91. The van der Waals surface area contributed by atoms with Crippen LogP contribution in [0.25, 0.3) is 0 Å². The fourth-order valence-corrected chi connectivity index (χ4v) is 4.42. The Bertz CT molecular complexity index is 969. The van der Waals surface area contributed by atoms with E-state index in [4.69, 9.17) is 4.74 Å². The van der Waals surface area contributed by atoms with Gasteiger partial charge in [0.1, 0.15) is 12.3 Å².